The van der Waals surface area contributed by atoms with Crippen molar-refractivity contribution in [3.05, 3.63) is 0 Å². The first-order valence-corrected chi connectivity index (χ1v) is 5.59. The zero-order chi connectivity index (χ0) is 11.5. The average molecular weight is 216 g/mol. The van der Waals surface area contributed by atoms with E-state index in [0.29, 0.717) is 6.54 Å². The van der Waals surface area contributed by atoms with Crippen molar-refractivity contribution < 1.29 is 9.47 Å². The molecule has 90 valence electrons. The first kappa shape index (κ1) is 12.9. The van der Waals surface area contributed by atoms with Gasteiger partial charge in [-0.05, 0) is 25.8 Å². The molecular formula is C11H24N2O2. The summed E-state index contributed by atoms with van der Waals surface area (Å²) in [5.41, 5.74) is 5.67. The Hall–Kier alpha value is -0.160. The quantitative estimate of drug-likeness (QED) is 0.686. The highest BCUT2D eigenvalue weighted by atomic mass is 16.7. The maximum Gasteiger partial charge on any atom is 0.176 e. The summed E-state index contributed by atoms with van der Waals surface area (Å²) in [6.07, 6.45) is 0.975. The SMILES string of the molecule is COC(OC)C(C)(CN)N1CCC(C)C1. The van der Waals surface area contributed by atoms with Gasteiger partial charge in [0.25, 0.3) is 0 Å². The van der Waals surface area contributed by atoms with Gasteiger partial charge < -0.3 is 15.2 Å². The topological polar surface area (TPSA) is 47.7 Å². The number of methoxy groups -OCH3 is 2. The highest BCUT2D eigenvalue weighted by molar-refractivity contribution is 4.94. The van der Waals surface area contributed by atoms with Gasteiger partial charge in [-0.2, -0.15) is 0 Å². The molecule has 4 heteroatoms. The number of ether oxygens (including phenoxy) is 2. The van der Waals surface area contributed by atoms with Gasteiger partial charge >= 0.3 is 0 Å². The van der Waals surface area contributed by atoms with Crippen molar-refractivity contribution >= 4 is 0 Å². The molecule has 0 amide bonds. The standard InChI is InChI=1S/C11H24N2O2/c1-9-5-6-13(7-9)11(2,8-12)10(14-3)15-4/h9-10H,5-8,12H2,1-4H3. The fourth-order valence-corrected chi connectivity index (χ4v) is 2.38. The zero-order valence-corrected chi connectivity index (χ0v) is 10.3. The van der Waals surface area contributed by atoms with Crippen LogP contribution in [-0.4, -0.2) is 50.6 Å². The van der Waals surface area contributed by atoms with Gasteiger partial charge in [0.1, 0.15) is 0 Å². The van der Waals surface area contributed by atoms with E-state index < -0.39 is 0 Å². The van der Waals surface area contributed by atoms with Gasteiger partial charge in [-0.1, -0.05) is 6.92 Å². The fraction of sp³-hybridized carbons (Fsp3) is 1.00. The summed E-state index contributed by atoms with van der Waals surface area (Å²) < 4.78 is 10.7. The third kappa shape index (κ3) is 2.50. The molecule has 0 aromatic rings. The van der Waals surface area contributed by atoms with Crippen LogP contribution in [0.1, 0.15) is 20.3 Å². The van der Waals surface area contributed by atoms with Crippen molar-refractivity contribution in [1.82, 2.24) is 4.90 Å². The second-order valence-electron chi connectivity index (χ2n) is 4.70. The molecule has 1 fully saturated rings. The van der Waals surface area contributed by atoms with Crippen molar-refractivity contribution in [3.8, 4) is 0 Å². The summed E-state index contributed by atoms with van der Waals surface area (Å²) in [6.45, 7) is 7.09. The Morgan fingerprint density at radius 1 is 1.47 bits per heavy atom. The van der Waals surface area contributed by atoms with E-state index in [1.54, 1.807) is 14.2 Å². The van der Waals surface area contributed by atoms with Gasteiger partial charge in [0.2, 0.25) is 0 Å². The molecule has 2 atom stereocenters. The molecule has 0 radical (unpaired) electrons. The molecule has 0 spiro atoms. The third-order valence-corrected chi connectivity index (χ3v) is 3.50. The molecule has 2 unspecified atom stereocenters. The second kappa shape index (κ2) is 5.25. The van der Waals surface area contributed by atoms with Crippen LogP contribution in [0.3, 0.4) is 0 Å². The lowest BCUT2D eigenvalue weighted by molar-refractivity contribution is -0.178. The number of hydrogen-bond acceptors (Lipinski definition) is 4. The van der Waals surface area contributed by atoms with E-state index >= 15 is 0 Å². The van der Waals surface area contributed by atoms with Crippen molar-refractivity contribution in [1.29, 1.82) is 0 Å². The molecule has 1 saturated heterocycles. The van der Waals surface area contributed by atoms with E-state index in [9.17, 15) is 0 Å². The Morgan fingerprint density at radius 3 is 2.40 bits per heavy atom. The largest absolute Gasteiger partial charge is 0.354 e. The van der Waals surface area contributed by atoms with Crippen LogP contribution >= 0.6 is 0 Å². The summed E-state index contributed by atoms with van der Waals surface area (Å²) in [6, 6.07) is 0. The van der Waals surface area contributed by atoms with Gasteiger partial charge in [0.05, 0.1) is 5.54 Å². The van der Waals surface area contributed by atoms with Crippen molar-refractivity contribution in [2.75, 3.05) is 33.9 Å². The predicted molar refractivity (Wildman–Crippen MR) is 60.6 cm³/mol. The van der Waals surface area contributed by atoms with E-state index in [-0.39, 0.29) is 11.8 Å². The van der Waals surface area contributed by atoms with Crippen LogP contribution in [0, 0.1) is 5.92 Å². The van der Waals surface area contributed by atoms with Crippen molar-refractivity contribution in [2.24, 2.45) is 11.7 Å². The molecule has 0 aliphatic carbocycles. The van der Waals surface area contributed by atoms with E-state index in [0.717, 1.165) is 19.0 Å². The van der Waals surface area contributed by atoms with Crippen LogP contribution in [0.2, 0.25) is 0 Å². The lowest BCUT2D eigenvalue weighted by Crippen LogP contribution is -2.59. The number of likely N-dealkylation sites (tertiary alicyclic amines) is 1. The molecule has 0 saturated carbocycles. The van der Waals surface area contributed by atoms with Crippen molar-refractivity contribution in [3.63, 3.8) is 0 Å². The fourth-order valence-electron chi connectivity index (χ4n) is 2.38. The molecule has 1 aliphatic heterocycles. The highest BCUT2D eigenvalue weighted by Gasteiger charge is 2.41. The minimum atomic E-state index is -0.257. The first-order valence-electron chi connectivity index (χ1n) is 5.59. The van der Waals surface area contributed by atoms with E-state index in [2.05, 4.69) is 18.7 Å². The normalized spacial score (nSPS) is 27.2. The van der Waals surface area contributed by atoms with Crippen LogP contribution in [0.5, 0.6) is 0 Å². The maximum atomic E-state index is 5.88. The van der Waals surface area contributed by atoms with Gasteiger partial charge in [-0.3, -0.25) is 4.90 Å². The highest BCUT2D eigenvalue weighted by Crippen LogP contribution is 2.28. The number of hydrogen-bond donors (Lipinski definition) is 1. The van der Waals surface area contributed by atoms with E-state index in [4.69, 9.17) is 15.2 Å². The molecular weight excluding hydrogens is 192 g/mol. The van der Waals surface area contributed by atoms with Crippen LogP contribution in [0.15, 0.2) is 0 Å². The Labute approximate surface area is 92.7 Å². The van der Waals surface area contributed by atoms with Gasteiger partial charge in [0.15, 0.2) is 6.29 Å². The lowest BCUT2D eigenvalue weighted by Gasteiger charge is -2.42. The van der Waals surface area contributed by atoms with E-state index in [1.807, 2.05) is 0 Å². The van der Waals surface area contributed by atoms with Crippen LogP contribution in [0.25, 0.3) is 0 Å². The average Bonchev–Trinajstić information content (AvgIpc) is 2.66. The molecule has 4 nitrogen and oxygen atoms in total. The predicted octanol–water partition coefficient (Wildman–Crippen LogP) is 0.665. The maximum absolute atomic E-state index is 5.88. The van der Waals surface area contributed by atoms with Gasteiger partial charge in [0, 0.05) is 27.3 Å². The Morgan fingerprint density at radius 2 is 2.07 bits per heavy atom. The smallest absolute Gasteiger partial charge is 0.176 e. The van der Waals surface area contributed by atoms with Crippen LogP contribution < -0.4 is 5.73 Å². The molecule has 15 heavy (non-hydrogen) atoms. The lowest BCUT2D eigenvalue weighted by atomic mass is 9.99. The minimum absolute atomic E-state index is 0.214. The van der Waals surface area contributed by atoms with Crippen LogP contribution in [-0.2, 0) is 9.47 Å². The Bertz CT molecular complexity index is 197. The second-order valence-corrected chi connectivity index (χ2v) is 4.70. The number of rotatable bonds is 5. The van der Waals surface area contributed by atoms with Crippen LogP contribution in [0.4, 0.5) is 0 Å². The summed E-state index contributed by atoms with van der Waals surface area (Å²) in [4.78, 5) is 2.38. The first-order chi connectivity index (χ1) is 7.08. The van der Waals surface area contributed by atoms with E-state index in [1.165, 1.54) is 6.42 Å². The third-order valence-electron chi connectivity index (χ3n) is 3.50. The zero-order valence-electron chi connectivity index (χ0n) is 10.3. The Balaban J connectivity index is 2.74. The minimum Gasteiger partial charge on any atom is -0.354 e. The number of nitrogens with two attached hydrogens (primary N) is 1. The molecule has 0 aromatic heterocycles. The molecule has 1 rings (SSSR count). The van der Waals surface area contributed by atoms with Crippen molar-refractivity contribution in [2.45, 2.75) is 32.1 Å². The monoisotopic (exact) mass is 216 g/mol. The summed E-state index contributed by atoms with van der Waals surface area (Å²) >= 11 is 0. The molecule has 1 aliphatic rings. The Kier molecular flexibility index (Phi) is 4.52. The number of nitrogens with zero attached hydrogens (tertiary/aromatic N) is 1. The molecule has 0 bridgehead atoms. The molecule has 1 heterocycles. The van der Waals surface area contributed by atoms with Gasteiger partial charge in [-0.25, -0.2) is 0 Å². The molecule has 2 N–H and O–H groups in total. The summed E-state index contributed by atoms with van der Waals surface area (Å²) in [7, 11) is 3.34. The van der Waals surface area contributed by atoms with Gasteiger partial charge in [-0.15, -0.1) is 0 Å². The summed E-state index contributed by atoms with van der Waals surface area (Å²) in [5.74, 6) is 0.741. The summed E-state index contributed by atoms with van der Waals surface area (Å²) in [5, 5.41) is 0. The molecule has 0 aromatic carbocycles.